The Labute approximate surface area is 197 Å². The largest absolute Gasteiger partial charge is 0.494 e. The molecule has 1 aromatic heterocycles. The molecule has 0 atom stereocenters. The van der Waals surface area contributed by atoms with Crippen LogP contribution in [0, 0.1) is 6.92 Å². The number of nitrogens with zero attached hydrogens (tertiary/aromatic N) is 3. The molecule has 0 saturated carbocycles. The quantitative estimate of drug-likeness (QED) is 0.480. The molecule has 6 nitrogen and oxygen atoms in total. The Morgan fingerprint density at radius 2 is 2.03 bits per heavy atom. The van der Waals surface area contributed by atoms with Gasteiger partial charge in [0.1, 0.15) is 11.3 Å². The number of fused-ring (bicyclic) bond motifs is 1. The van der Waals surface area contributed by atoms with Crippen LogP contribution in [-0.2, 0) is 16.0 Å². The highest BCUT2D eigenvalue weighted by Gasteiger charge is 2.23. The van der Waals surface area contributed by atoms with Crippen LogP contribution >= 0.6 is 22.9 Å². The SMILES string of the molecule is COc1ccc(C)c2sc(N(CCCN3CCOCC3)C(=O)Cc3ccccc3Cl)nc12. The molecule has 0 N–H and O–H groups in total. The highest BCUT2D eigenvalue weighted by Crippen LogP contribution is 2.36. The first-order valence-electron chi connectivity index (χ1n) is 10.8. The summed E-state index contributed by atoms with van der Waals surface area (Å²) in [5.74, 6) is 0.718. The lowest BCUT2D eigenvalue weighted by Gasteiger charge is -2.27. The monoisotopic (exact) mass is 473 g/mol. The predicted octanol–water partition coefficient (Wildman–Crippen LogP) is 4.56. The van der Waals surface area contributed by atoms with Gasteiger partial charge >= 0.3 is 0 Å². The minimum absolute atomic E-state index is 0.00393. The van der Waals surface area contributed by atoms with Gasteiger partial charge in [0.25, 0.3) is 0 Å². The first-order chi connectivity index (χ1) is 15.6. The van der Waals surface area contributed by atoms with Crippen LogP contribution in [0.4, 0.5) is 5.13 Å². The highest BCUT2D eigenvalue weighted by molar-refractivity contribution is 7.22. The van der Waals surface area contributed by atoms with Crippen molar-refractivity contribution in [1.82, 2.24) is 9.88 Å². The molecule has 8 heteroatoms. The fourth-order valence-electron chi connectivity index (χ4n) is 3.88. The van der Waals surface area contributed by atoms with Gasteiger partial charge in [0.2, 0.25) is 5.91 Å². The van der Waals surface area contributed by atoms with Gasteiger partial charge in [-0.2, -0.15) is 0 Å². The predicted molar refractivity (Wildman–Crippen MR) is 130 cm³/mol. The van der Waals surface area contributed by atoms with E-state index < -0.39 is 0 Å². The Bertz CT molecular complexity index is 1080. The highest BCUT2D eigenvalue weighted by atomic mass is 35.5. The Morgan fingerprint density at radius 1 is 1.25 bits per heavy atom. The Hall–Kier alpha value is -2.19. The van der Waals surface area contributed by atoms with Gasteiger partial charge in [0.05, 0.1) is 31.4 Å². The van der Waals surface area contributed by atoms with Crippen LogP contribution in [0.15, 0.2) is 36.4 Å². The van der Waals surface area contributed by atoms with Gasteiger partial charge < -0.3 is 9.47 Å². The summed E-state index contributed by atoms with van der Waals surface area (Å²) in [6, 6.07) is 11.5. The minimum Gasteiger partial charge on any atom is -0.494 e. The third kappa shape index (κ3) is 5.23. The maximum absolute atomic E-state index is 13.4. The zero-order valence-electron chi connectivity index (χ0n) is 18.5. The van der Waals surface area contributed by atoms with Gasteiger partial charge in [-0.05, 0) is 36.6 Å². The number of methoxy groups -OCH3 is 1. The van der Waals surface area contributed by atoms with E-state index in [4.69, 9.17) is 26.1 Å². The number of thiazole rings is 1. The molecule has 0 bridgehead atoms. The molecule has 1 aliphatic heterocycles. The summed E-state index contributed by atoms with van der Waals surface area (Å²) < 4.78 is 12.0. The van der Waals surface area contributed by atoms with Gasteiger partial charge in [0, 0.05) is 31.2 Å². The van der Waals surface area contributed by atoms with E-state index in [0.717, 1.165) is 66.4 Å². The van der Waals surface area contributed by atoms with Crippen molar-refractivity contribution in [3.63, 3.8) is 0 Å². The van der Waals surface area contributed by atoms with E-state index in [2.05, 4.69) is 11.8 Å². The maximum atomic E-state index is 13.4. The number of rotatable bonds is 8. The van der Waals surface area contributed by atoms with Crippen molar-refractivity contribution in [3.8, 4) is 5.75 Å². The molecule has 170 valence electrons. The van der Waals surface area contributed by atoms with Crippen molar-refractivity contribution in [1.29, 1.82) is 0 Å². The molecule has 0 radical (unpaired) electrons. The third-order valence-corrected chi connectivity index (χ3v) is 7.29. The molecule has 1 amide bonds. The number of carbonyl (C=O) groups is 1. The summed E-state index contributed by atoms with van der Waals surface area (Å²) in [4.78, 5) is 22.5. The van der Waals surface area contributed by atoms with Gasteiger partial charge in [-0.25, -0.2) is 4.98 Å². The number of amides is 1. The summed E-state index contributed by atoms with van der Waals surface area (Å²) in [5, 5.41) is 1.31. The fourth-order valence-corrected chi connectivity index (χ4v) is 5.18. The zero-order chi connectivity index (χ0) is 22.5. The molecule has 0 unspecified atom stereocenters. The summed E-state index contributed by atoms with van der Waals surface area (Å²) in [6.07, 6.45) is 1.10. The number of hydrogen-bond donors (Lipinski definition) is 0. The molecule has 3 aromatic rings. The van der Waals surface area contributed by atoms with Crippen LogP contribution < -0.4 is 9.64 Å². The average Bonchev–Trinajstić information content (AvgIpc) is 3.25. The molecule has 1 saturated heterocycles. The number of hydrogen-bond acceptors (Lipinski definition) is 6. The summed E-state index contributed by atoms with van der Waals surface area (Å²) in [7, 11) is 1.64. The molecular weight excluding hydrogens is 446 g/mol. The number of morpholine rings is 1. The molecule has 2 heterocycles. The molecule has 1 aliphatic rings. The van der Waals surface area contributed by atoms with Crippen molar-refractivity contribution >= 4 is 44.2 Å². The second kappa shape index (κ2) is 10.6. The van der Waals surface area contributed by atoms with Crippen LogP contribution in [0.1, 0.15) is 17.5 Å². The van der Waals surface area contributed by atoms with Gasteiger partial charge in [-0.15, -0.1) is 0 Å². The second-order valence-electron chi connectivity index (χ2n) is 7.88. The number of anilines is 1. The zero-order valence-corrected chi connectivity index (χ0v) is 20.0. The molecule has 4 rings (SSSR count). The smallest absolute Gasteiger partial charge is 0.233 e. The lowest BCUT2D eigenvalue weighted by Crippen LogP contribution is -2.39. The first kappa shape index (κ1) is 23.0. The van der Waals surface area contributed by atoms with Crippen LogP contribution in [0.2, 0.25) is 5.02 Å². The van der Waals surface area contributed by atoms with Crippen LogP contribution in [-0.4, -0.2) is 62.3 Å². The Balaban J connectivity index is 1.59. The van der Waals surface area contributed by atoms with Crippen LogP contribution in [0.25, 0.3) is 10.2 Å². The third-order valence-electron chi connectivity index (χ3n) is 5.70. The minimum atomic E-state index is -0.00393. The fraction of sp³-hybridized carbons (Fsp3) is 0.417. The van der Waals surface area contributed by atoms with E-state index in [1.54, 1.807) is 7.11 Å². The molecular formula is C24H28ClN3O3S. The number of aryl methyl sites for hydroxylation is 1. The van der Waals surface area contributed by atoms with E-state index in [1.807, 2.05) is 41.3 Å². The van der Waals surface area contributed by atoms with Crippen molar-refractivity contribution in [3.05, 3.63) is 52.5 Å². The van der Waals surface area contributed by atoms with E-state index in [-0.39, 0.29) is 12.3 Å². The second-order valence-corrected chi connectivity index (χ2v) is 9.26. The van der Waals surface area contributed by atoms with E-state index in [0.29, 0.717) is 16.7 Å². The van der Waals surface area contributed by atoms with E-state index >= 15 is 0 Å². The van der Waals surface area contributed by atoms with Gasteiger partial charge in [-0.3, -0.25) is 14.6 Å². The number of aromatic nitrogens is 1. The lowest BCUT2D eigenvalue weighted by molar-refractivity contribution is -0.118. The topological polar surface area (TPSA) is 54.9 Å². The summed E-state index contributed by atoms with van der Waals surface area (Å²) >= 11 is 7.87. The average molecular weight is 474 g/mol. The molecule has 1 fully saturated rings. The normalized spacial score (nSPS) is 14.6. The molecule has 0 spiro atoms. The standard InChI is InChI=1S/C24H28ClN3O3S/c1-17-8-9-20(30-2)22-23(17)32-24(26-22)28(11-5-10-27-12-14-31-15-13-27)21(29)16-18-6-3-4-7-19(18)25/h3-4,6-9H,5,10-16H2,1-2H3. The lowest BCUT2D eigenvalue weighted by atomic mass is 10.1. The number of halogens is 1. The number of carbonyl (C=O) groups excluding carboxylic acids is 1. The maximum Gasteiger partial charge on any atom is 0.233 e. The molecule has 32 heavy (non-hydrogen) atoms. The molecule has 0 aliphatic carbocycles. The van der Waals surface area contributed by atoms with Gasteiger partial charge in [-0.1, -0.05) is 47.2 Å². The van der Waals surface area contributed by atoms with Gasteiger partial charge in [0.15, 0.2) is 5.13 Å². The van der Waals surface area contributed by atoms with E-state index in [9.17, 15) is 4.79 Å². The van der Waals surface area contributed by atoms with Crippen molar-refractivity contribution in [2.24, 2.45) is 0 Å². The van der Waals surface area contributed by atoms with Crippen molar-refractivity contribution in [2.45, 2.75) is 19.8 Å². The van der Waals surface area contributed by atoms with E-state index in [1.165, 1.54) is 11.3 Å². The molecule has 2 aromatic carbocycles. The Kier molecular flexibility index (Phi) is 7.63. The first-order valence-corrected chi connectivity index (χ1v) is 12.0. The Morgan fingerprint density at radius 3 is 2.78 bits per heavy atom. The van der Waals surface area contributed by atoms with Crippen LogP contribution in [0.5, 0.6) is 5.75 Å². The van der Waals surface area contributed by atoms with Crippen molar-refractivity contribution in [2.75, 3.05) is 51.4 Å². The summed E-state index contributed by atoms with van der Waals surface area (Å²) in [5.41, 5.74) is 2.75. The van der Waals surface area contributed by atoms with Crippen molar-refractivity contribution < 1.29 is 14.3 Å². The van der Waals surface area contributed by atoms with Crippen LogP contribution in [0.3, 0.4) is 0 Å². The number of ether oxygens (including phenoxy) is 2. The number of benzene rings is 2. The summed E-state index contributed by atoms with van der Waals surface area (Å²) in [6.45, 7) is 6.99.